The second-order valence-corrected chi connectivity index (χ2v) is 7.00. The molecule has 0 aliphatic heterocycles. The summed E-state index contributed by atoms with van der Waals surface area (Å²) in [6.07, 6.45) is 4.58. The Morgan fingerprint density at radius 1 is 1.00 bits per heavy atom. The van der Waals surface area contributed by atoms with Crippen LogP contribution in [-0.4, -0.2) is 50.2 Å². The van der Waals surface area contributed by atoms with Gasteiger partial charge >= 0.3 is 0 Å². The van der Waals surface area contributed by atoms with Gasteiger partial charge in [0.25, 0.3) is 0 Å². The molecule has 0 saturated heterocycles. The van der Waals surface area contributed by atoms with Gasteiger partial charge in [0.15, 0.2) is 5.96 Å². The molecule has 3 rings (SSSR count). The van der Waals surface area contributed by atoms with E-state index in [1.165, 1.54) is 5.56 Å². The van der Waals surface area contributed by atoms with E-state index >= 15 is 0 Å². The highest BCUT2D eigenvalue weighted by atomic mass is 127. The second kappa shape index (κ2) is 13.6. The van der Waals surface area contributed by atoms with Gasteiger partial charge in [0.05, 0.1) is 39.1 Å². The van der Waals surface area contributed by atoms with E-state index in [-0.39, 0.29) is 24.0 Å². The molecule has 0 unspecified atom stereocenters. The van der Waals surface area contributed by atoms with Gasteiger partial charge in [-0.3, -0.25) is 0 Å². The molecule has 0 aliphatic rings. The van der Waals surface area contributed by atoms with Gasteiger partial charge in [0, 0.05) is 37.6 Å². The Morgan fingerprint density at radius 3 is 2.24 bits per heavy atom. The standard InChI is InChI=1S/C24H31N5O3.HI/c1-5-25-24(27-17-21-22(31-3)15-20(30-2)16-23(21)32-4)26-13-11-18-7-9-19(10-8-18)29-14-6-12-28-29;/h6-10,12,14-16H,5,11,13,17H2,1-4H3,(H2,25,26,27);1H. The molecule has 0 atom stereocenters. The van der Waals surface area contributed by atoms with Crippen molar-refractivity contribution in [3.63, 3.8) is 0 Å². The Bertz CT molecular complexity index is 982. The number of ether oxygens (including phenoxy) is 3. The molecule has 0 spiro atoms. The van der Waals surface area contributed by atoms with Gasteiger partial charge in [-0.15, -0.1) is 24.0 Å². The Kier molecular flexibility index (Phi) is 10.8. The van der Waals surface area contributed by atoms with Crippen molar-refractivity contribution in [2.45, 2.75) is 19.9 Å². The highest BCUT2D eigenvalue weighted by molar-refractivity contribution is 14.0. The van der Waals surface area contributed by atoms with Gasteiger partial charge in [-0.1, -0.05) is 12.1 Å². The molecule has 0 amide bonds. The molecular formula is C24H32IN5O3. The summed E-state index contributed by atoms with van der Waals surface area (Å²) in [5.41, 5.74) is 3.15. The van der Waals surface area contributed by atoms with Gasteiger partial charge in [-0.05, 0) is 37.1 Å². The van der Waals surface area contributed by atoms with Crippen LogP contribution in [0.5, 0.6) is 17.2 Å². The molecule has 3 aromatic rings. The number of hydrogen-bond donors (Lipinski definition) is 2. The third-order valence-electron chi connectivity index (χ3n) is 4.97. The van der Waals surface area contributed by atoms with E-state index in [0.29, 0.717) is 23.8 Å². The summed E-state index contributed by atoms with van der Waals surface area (Å²) in [7, 11) is 4.87. The van der Waals surface area contributed by atoms with Crippen molar-refractivity contribution in [2.75, 3.05) is 34.4 Å². The number of halogens is 1. The van der Waals surface area contributed by atoms with E-state index in [1.54, 1.807) is 27.5 Å². The molecule has 178 valence electrons. The van der Waals surface area contributed by atoms with Crippen LogP contribution in [0.1, 0.15) is 18.1 Å². The van der Waals surface area contributed by atoms with Crippen molar-refractivity contribution in [1.29, 1.82) is 0 Å². The fourth-order valence-corrected chi connectivity index (χ4v) is 3.30. The van der Waals surface area contributed by atoms with E-state index in [1.807, 2.05) is 36.0 Å². The third kappa shape index (κ3) is 7.28. The van der Waals surface area contributed by atoms with Crippen molar-refractivity contribution < 1.29 is 14.2 Å². The highest BCUT2D eigenvalue weighted by Crippen LogP contribution is 2.34. The van der Waals surface area contributed by atoms with Crippen LogP contribution in [0.4, 0.5) is 0 Å². The zero-order valence-electron chi connectivity index (χ0n) is 19.5. The van der Waals surface area contributed by atoms with E-state index in [0.717, 1.165) is 36.7 Å². The van der Waals surface area contributed by atoms with Gasteiger partial charge in [0.1, 0.15) is 17.2 Å². The Balaban J connectivity index is 0.00000385. The maximum Gasteiger partial charge on any atom is 0.191 e. The molecule has 0 saturated carbocycles. The average Bonchev–Trinajstić information content (AvgIpc) is 3.37. The van der Waals surface area contributed by atoms with Gasteiger partial charge < -0.3 is 24.8 Å². The normalized spacial score (nSPS) is 10.8. The zero-order valence-corrected chi connectivity index (χ0v) is 21.8. The first-order valence-corrected chi connectivity index (χ1v) is 10.6. The molecule has 2 aromatic carbocycles. The lowest BCUT2D eigenvalue weighted by atomic mass is 10.1. The summed E-state index contributed by atoms with van der Waals surface area (Å²) in [4.78, 5) is 4.72. The SMILES string of the molecule is CCNC(=NCc1c(OC)cc(OC)cc1OC)NCCc1ccc(-n2cccn2)cc1.I. The summed E-state index contributed by atoms with van der Waals surface area (Å²) in [5.74, 6) is 2.77. The number of nitrogens with zero attached hydrogens (tertiary/aromatic N) is 3. The molecule has 1 heterocycles. The molecule has 33 heavy (non-hydrogen) atoms. The minimum Gasteiger partial charge on any atom is -0.496 e. The number of nitrogens with one attached hydrogen (secondary N) is 2. The summed E-state index contributed by atoms with van der Waals surface area (Å²) >= 11 is 0. The lowest BCUT2D eigenvalue weighted by Crippen LogP contribution is -2.38. The lowest BCUT2D eigenvalue weighted by Gasteiger charge is -2.15. The predicted molar refractivity (Wildman–Crippen MR) is 142 cm³/mol. The highest BCUT2D eigenvalue weighted by Gasteiger charge is 2.13. The van der Waals surface area contributed by atoms with Crippen LogP contribution in [0.2, 0.25) is 0 Å². The van der Waals surface area contributed by atoms with Crippen molar-refractivity contribution in [3.05, 3.63) is 66.0 Å². The van der Waals surface area contributed by atoms with Crippen LogP contribution in [-0.2, 0) is 13.0 Å². The number of guanidine groups is 1. The predicted octanol–water partition coefficient (Wildman–Crippen LogP) is 3.81. The maximum absolute atomic E-state index is 5.52. The van der Waals surface area contributed by atoms with Crippen LogP contribution in [0.25, 0.3) is 5.69 Å². The monoisotopic (exact) mass is 565 g/mol. The molecular weight excluding hydrogens is 533 g/mol. The molecule has 0 bridgehead atoms. The maximum atomic E-state index is 5.52. The van der Waals surface area contributed by atoms with Crippen LogP contribution in [0.3, 0.4) is 0 Å². The van der Waals surface area contributed by atoms with Crippen LogP contribution >= 0.6 is 24.0 Å². The Morgan fingerprint density at radius 2 is 1.70 bits per heavy atom. The van der Waals surface area contributed by atoms with Crippen LogP contribution < -0.4 is 24.8 Å². The lowest BCUT2D eigenvalue weighted by molar-refractivity contribution is 0.369. The smallest absolute Gasteiger partial charge is 0.191 e. The fraction of sp³-hybridized carbons (Fsp3) is 0.333. The van der Waals surface area contributed by atoms with Crippen molar-refractivity contribution in [3.8, 4) is 22.9 Å². The van der Waals surface area contributed by atoms with Gasteiger partial charge in [0.2, 0.25) is 0 Å². The topological polar surface area (TPSA) is 81.9 Å². The van der Waals surface area contributed by atoms with Crippen LogP contribution in [0.15, 0.2) is 59.9 Å². The summed E-state index contributed by atoms with van der Waals surface area (Å²) in [5, 5.41) is 10.9. The minimum atomic E-state index is 0. The average molecular weight is 565 g/mol. The number of benzene rings is 2. The van der Waals surface area contributed by atoms with Gasteiger partial charge in [-0.2, -0.15) is 5.10 Å². The molecule has 0 radical (unpaired) electrons. The molecule has 1 aromatic heterocycles. The summed E-state index contributed by atoms with van der Waals surface area (Å²) in [6.45, 7) is 3.97. The molecule has 0 fully saturated rings. The summed E-state index contributed by atoms with van der Waals surface area (Å²) in [6, 6.07) is 14.0. The Labute approximate surface area is 212 Å². The number of aliphatic imine (C=N–C) groups is 1. The third-order valence-corrected chi connectivity index (χ3v) is 4.97. The zero-order chi connectivity index (χ0) is 22.8. The Hall–Kier alpha value is -2.95. The second-order valence-electron chi connectivity index (χ2n) is 7.00. The quantitative estimate of drug-likeness (QED) is 0.221. The van der Waals surface area contributed by atoms with E-state index in [4.69, 9.17) is 19.2 Å². The van der Waals surface area contributed by atoms with Crippen molar-refractivity contribution in [1.82, 2.24) is 20.4 Å². The first kappa shape index (κ1) is 26.3. The molecule has 9 heteroatoms. The molecule has 0 aliphatic carbocycles. The van der Waals surface area contributed by atoms with Crippen molar-refractivity contribution in [2.24, 2.45) is 4.99 Å². The number of rotatable bonds is 10. The van der Waals surface area contributed by atoms with E-state index in [2.05, 4.69) is 40.0 Å². The van der Waals surface area contributed by atoms with Gasteiger partial charge in [-0.25, -0.2) is 9.67 Å². The number of aromatic nitrogens is 2. The summed E-state index contributed by atoms with van der Waals surface area (Å²) < 4.78 is 18.2. The number of hydrogen-bond acceptors (Lipinski definition) is 5. The van der Waals surface area contributed by atoms with E-state index in [9.17, 15) is 0 Å². The van der Waals surface area contributed by atoms with Crippen molar-refractivity contribution >= 4 is 29.9 Å². The molecule has 8 nitrogen and oxygen atoms in total. The van der Waals surface area contributed by atoms with Crippen LogP contribution in [0, 0.1) is 0 Å². The first-order chi connectivity index (χ1) is 15.7. The first-order valence-electron chi connectivity index (χ1n) is 10.6. The minimum absolute atomic E-state index is 0. The van der Waals surface area contributed by atoms with E-state index < -0.39 is 0 Å². The molecule has 2 N–H and O–H groups in total. The fourth-order valence-electron chi connectivity index (χ4n) is 3.30. The number of methoxy groups -OCH3 is 3. The largest absolute Gasteiger partial charge is 0.496 e.